The fourth-order valence-electron chi connectivity index (χ4n) is 4.76. The van der Waals surface area contributed by atoms with Crippen LogP contribution in [-0.4, -0.2) is 34.3 Å². The first-order valence-electron chi connectivity index (χ1n) is 11.4. The molecular formula is C27H18ClN7O. The highest BCUT2D eigenvalue weighted by molar-refractivity contribution is 6.30. The van der Waals surface area contributed by atoms with E-state index < -0.39 is 0 Å². The van der Waals surface area contributed by atoms with E-state index in [1.54, 1.807) is 27.9 Å². The minimum atomic E-state index is -0.205. The molecule has 0 spiro atoms. The third-order valence-corrected chi connectivity index (χ3v) is 6.58. The fraction of sp³-hybridized carbons (Fsp3) is 0.0741. The summed E-state index contributed by atoms with van der Waals surface area (Å²) < 4.78 is 9.94. The Kier molecular flexibility index (Phi) is 4.62. The zero-order chi connectivity index (χ0) is 24.2. The maximum atomic E-state index is 6.45. The van der Waals surface area contributed by atoms with Gasteiger partial charge in [0.15, 0.2) is 11.5 Å². The first-order valence-corrected chi connectivity index (χ1v) is 11.8. The normalized spacial score (nSPS) is 14.3. The second kappa shape index (κ2) is 8.00. The van der Waals surface area contributed by atoms with Crippen LogP contribution in [0.25, 0.3) is 22.7 Å². The van der Waals surface area contributed by atoms with E-state index in [0.717, 1.165) is 33.6 Å². The van der Waals surface area contributed by atoms with Gasteiger partial charge in [-0.1, -0.05) is 48.0 Å². The van der Waals surface area contributed by atoms with Gasteiger partial charge in [-0.3, -0.25) is 4.98 Å². The minimum absolute atomic E-state index is 0.205. The summed E-state index contributed by atoms with van der Waals surface area (Å²) in [6.45, 7) is 1.99. The topological polar surface area (TPSA) is 83.0 Å². The number of benzene rings is 2. The van der Waals surface area contributed by atoms with Crippen LogP contribution in [0.5, 0.6) is 11.8 Å². The molecule has 1 aliphatic rings. The number of halogens is 1. The number of hydrogen-bond acceptors (Lipinski definition) is 6. The van der Waals surface area contributed by atoms with Crippen LogP contribution < -0.4 is 4.74 Å². The molecule has 6 aromatic rings. The summed E-state index contributed by atoms with van der Waals surface area (Å²) >= 11 is 6.29. The zero-order valence-electron chi connectivity index (χ0n) is 19.1. The molecule has 36 heavy (non-hydrogen) atoms. The molecule has 0 aliphatic carbocycles. The highest BCUT2D eigenvalue weighted by Crippen LogP contribution is 2.49. The summed E-state index contributed by atoms with van der Waals surface area (Å²) in [7, 11) is 0. The molecule has 0 N–H and O–H groups in total. The zero-order valence-corrected chi connectivity index (χ0v) is 19.8. The summed E-state index contributed by atoms with van der Waals surface area (Å²) in [5.41, 5.74) is 6.10. The number of nitrogens with zero attached hydrogens (tertiary/aromatic N) is 7. The molecule has 174 valence electrons. The Morgan fingerprint density at radius 1 is 0.917 bits per heavy atom. The van der Waals surface area contributed by atoms with Crippen molar-refractivity contribution in [3.8, 4) is 28.8 Å². The Morgan fingerprint density at radius 3 is 2.56 bits per heavy atom. The van der Waals surface area contributed by atoms with Crippen molar-refractivity contribution in [2.24, 2.45) is 0 Å². The van der Waals surface area contributed by atoms with Crippen LogP contribution in [0.4, 0.5) is 0 Å². The van der Waals surface area contributed by atoms with Crippen LogP contribution in [0.15, 0.2) is 85.5 Å². The molecule has 1 aliphatic heterocycles. The number of aryl methyl sites for hydroxylation is 1. The van der Waals surface area contributed by atoms with E-state index in [0.29, 0.717) is 28.3 Å². The van der Waals surface area contributed by atoms with Crippen molar-refractivity contribution >= 4 is 17.2 Å². The Bertz CT molecular complexity index is 1750. The number of ether oxygens (including phenoxy) is 1. The summed E-state index contributed by atoms with van der Waals surface area (Å²) in [5, 5.41) is 10.2. The van der Waals surface area contributed by atoms with Crippen LogP contribution in [0, 0.1) is 6.92 Å². The number of rotatable bonds is 3. The van der Waals surface area contributed by atoms with E-state index in [9.17, 15) is 0 Å². The highest BCUT2D eigenvalue weighted by atomic mass is 35.5. The first-order chi connectivity index (χ1) is 17.7. The average Bonchev–Trinajstić information content (AvgIpc) is 3.50. The monoisotopic (exact) mass is 491 g/mol. The molecule has 0 fully saturated rings. The third kappa shape index (κ3) is 3.19. The molecule has 0 bridgehead atoms. The van der Waals surface area contributed by atoms with Crippen molar-refractivity contribution in [1.82, 2.24) is 34.3 Å². The van der Waals surface area contributed by atoms with Crippen LogP contribution in [0.3, 0.4) is 0 Å². The summed E-state index contributed by atoms with van der Waals surface area (Å²) in [6, 6.07) is 21.6. The lowest BCUT2D eigenvalue weighted by Crippen LogP contribution is -2.16. The van der Waals surface area contributed by atoms with Gasteiger partial charge in [-0.05, 0) is 42.8 Å². The van der Waals surface area contributed by atoms with Crippen LogP contribution in [0.2, 0.25) is 5.02 Å². The summed E-state index contributed by atoms with van der Waals surface area (Å²) in [5.74, 6) is 1.47. The lowest BCUT2D eigenvalue weighted by atomic mass is 9.84. The standard InChI is InChI=1S/C27H18ClN7O/c1-16-21-22(17-6-3-2-4-7-17)23-25-31-24(18-10-12-29-13-11-18)33-34(25)15-30-26(23)36-27(21)35(32-16)20-9-5-8-19(28)14-20/h2-15,22H,1H3/t22-/m1/s1. The second-order valence-electron chi connectivity index (χ2n) is 8.54. The van der Waals surface area contributed by atoms with Gasteiger partial charge in [0.25, 0.3) is 0 Å². The number of hydrogen-bond donors (Lipinski definition) is 0. The van der Waals surface area contributed by atoms with Crippen LogP contribution in [-0.2, 0) is 0 Å². The molecule has 1 atom stereocenters. The lowest BCUT2D eigenvalue weighted by molar-refractivity contribution is 0.402. The molecule has 9 heteroatoms. The number of pyridine rings is 1. The van der Waals surface area contributed by atoms with Gasteiger partial charge >= 0.3 is 0 Å². The third-order valence-electron chi connectivity index (χ3n) is 6.34. The van der Waals surface area contributed by atoms with Gasteiger partial charge in [0.1, 0.15) is 6.33 Å². The van der Waals surface area contributed by atoms with Gasteiger partial charge in [0, 0.05) is 23.0 Å². The van der Waals surface area contributed by atoms with Crippen molar-refractivity contribution < 1.29 is 4.74 Å². The van der Waals surface area contributed by atoms with Gasteiger partial charge in [-0.15, -0.1) is 5.10 Å². The SMILES string of the molecule is Cc1nn(-c2cccc(Cl)c2)c2c1[C@@H](c1ccccc1)c1c(ncn3nc(-c4ccncc4)nc13)O2. The maximum absolute atomic E-state index is 6.45. The van der Waals surface area contributed by atoms with Crippen molar-refractivity contribution in [2.45, 2.75) is 12.8 Å². The molecular weight excluding hydrogens is 474 g/mol. The molecule has 4 aromatic heterocycles. The Hall–Kier alpha value is -4.56. The molecule has 0 amide bonds. The first kappa shape index (κ1) is 20.8. The average molecular weight is 492 g/mol. The van der Waals surface area contributed by atoms with Gasteiger partial charge in [-0.25, -0.2) is 19.2 Å². The van der Waals surface area contributed by atoms with Gasteiger partial charge in [0.05, 0.1) is 28.4 Å². The molecule has 0 unspecified atom stereocenters. The molecule has 7 rings (SSSR count). The van der Waals surface area contributed by atoms with Crippen molar-refractivity contribution in [2.75, 3.05) is 0 Å². The maximum Gasteiger partial charge on any atom is 0.230 e. The van der Waals surface area contributed by atoms with Crippen molar-refractivity contribution in [3.63, 3.8) is 0 Å². The fourth-order valence-corrected chi connectivity index (χ4v) is 4.95. The van der Waals surface area contributed by atoms with Crippen molar-refractivity contribution in [3.05, 3.63) is 113 Å². The van der Waals surface area contributed by atoms with Gasteiger partial charge in [0.2, 0.25) is 11.8 Å². The predicted molar refractivity (Wildman–Crippen MR) is 135 cm³/mol. The molecule has 5 heterocycles. The molecule has 8 nitrogen and oxygen atoms in total. The molecule has 0 saturated heterocycles. The number of aromatic nitrogens is 7. The van der Waals surface area contributed by atoms with Gasteiger partial charge in [-0.2, -0.15) is 5.10 Å². The van der Waals surface area contributed by atoms with Gasteiger partial charge < -0.3 is 4.74 Å². The van der Waals surface area contributed by atoms with E-state index in [4.69, 9.17) is 26.4 Å². The Balaban J connectivity index is 1.49. The highest BCUT2D eigenvalue weighted by Gasteiger charge is 2.38. The Morgan fingerprint density at radius 2 is 1.75 bits per heavy atom. The van der Waals surface area contributed by atoms with E-state index in [1.807, 2.05) is 61.5 Å². The van der Waals surface area contributed by atoms with E-state index >= 15 is 0 Å². The lowest BCUT2D eigenvalue weighted by Gasteiger charge is -2.26. The molecule has 0 saturated carbocycles. The summed E-state index contributed by atoms with van der Waals surface area (Å²) in [4.78, 5) is 13.7. The second-order valence-corrected chi connectivity index (χ2v) is 8.98. The summed E-state index contributed by atoms with van der Waals surface area (Å²) in [6.07, 6.45) is 5.08. The minimum Gasteiger partial charge on any atom is -0.420 e. The molecule has 2 aromatic carbocycles. The van der Waals surface area contributed by atoms with E-state index in [2.05, 4.69) is 27.2 Å². The largest absolute Gasteiger partial charge is 0.420 e. The molecule has 0 radical (unpaired) electrons. The number of fused-ring (bicyclic) bond motifs is 4. The predicted octanol–water partition coefficient (Wildman–Crippen LogP) is 5.62. The van der Waals surface area contributed by atoms with E-state index in [-0.39, 0.29) is 5.92 Å². The van der Waals surface area contributed by atoms with Crippen molar-refractivity contribution in [1.29, 1.82) is 0 Å². The van der Waals surface area contributed by atoms with E-state index in [1.165, 1.54) is 0 Å². The van der Waals surface area contributed by atoms with Crippen LogP contribution in [0.1, 0.15) is 28.3 Å². The van der Waals surface area contributed by atoms with Crippen LogP contribution >= 0.6 is 11.6 Å². The quantitative estimate of drug-likeness (QED) is 0.319. The Labute approximate surface area is 210 Å². The smallest absolute Gasteiger partial charge is 0.230 e.